The van der Waals surface area contributed by atoms with Crippen molar-refractivity contribution >= 4 is 23.2 Å². The van der Waals surface area contributed by atoms with Gasteiger partial charge in [0.05, 0.1) is 5.02 Å². The molecule has 0 bridgehead atoms. The maximum absolute atomic E-state index is 13.6. The van der Waals surface area contributed by atoms with Crippen molar-refractivity contribution in [3.8, 4) is 0 Å². The Morgan fingerprint density at radius 1 is 1.14 bits per heavy atom. The normalized spacial score (nSPS) is 12.7. The molecule has 2 N–H and O–H groups in total. The third-order valence-electron chi connectivity index (χ3n) is 3.46. The topological polar surface area (TPSA) is 29.3 Å². The van der Waals surface area contributed by atoms with E-state index in [0.29, 0.717) is 18.1 Å². The van der Waals surface area contributed by atoms with Gasteiger partial charge in [0.2, 0.25) is 0 Å². The van der Waals surface area contributed by atoms with E-state index in [1.807, 2.05) is 36.2 Å². The molecule has 0 saturated carbocycles. The Labute approximate surface area is 134 Å². The minimum atomic E-state index is -0.432. The molecule has 5 heteroatoms. The lowest BCUT2D eigenvalue weighted by atomic mass is 10.0. The van der Waals surface area contributed by atoms with E-state index in [1.54, 1.807) is 12.1 Å². The van der Waals surface area contributed by atoms with E-state index in [2.05, 4.69) is 0 Å². The zero-order chi connectivity index (χ0) is 15.4. The van der Waals surface area contributed by atoms with Crippen molar-refractivity contribution in [3.05, 3.63) is 69.5 Å². The highest BCUT2D eigenvalue weighted by atomic mass is 35.5. The Kier molecular flexibility index (Phi) is 5.59. The molecule has 2 nitrogen and oxygen atoms in total. The highest BCUT2D eigenvalue weighted by Gasteiger charge is 2.17. The molecule has 2 aromatic rings. The van der Waals surface area contributed by atoms with Gasteiger partial charge in [-0.2, -0.15) is 0 Å². The van der Waals surface area contributed by atoms with E-state index in [-0.39, 0.29) is 11.1 Å². The lowest BCUT2D eigenvalue weighted by Crippen LogP contribution is -2.30. The predicted molar refractivity (Wildman–Crippen MR) is 86.1 cm³/mol. The van der Waals surface area contributed by atoms with Gasteiger partial charge in [-0.3, -0.25) is 4.90 Å². The molecule has 112 valence electrons. The second-order valence-electron chi connectivity index (χ2n) is 4.93. The van der Waals surface area contributed by atoms with Gasteiger partial charge in [0, 0.05) is 24.2 Å². The van der Waals surface area contributed by atoms with Crippen LogP contribution in [0.5, 0.6) is 0 Å². The molecule has 0 fully saturated rings. The molecule has 0 heterocycles. The lowest BCUT2D eigenvalue weighted by molar-refractivity contribution is 0.241. The summed E-state index contributed by atoms with van der Waals surface area (Å²) < 4.78 is 13.6. The molecular formula is C16H17Cl2FN2. The summed E-state index contributed by atoms with van der Waals surface area (Å²) in [5.41, 5.74) is 7.66. The average Bonchev–Trinajstić information content (AvgIpc) is 2.46. The van der Waals surface area contributed by atoms with Crippen molar-refractivity contribution in [2.75, 3.05) is 13.6 Å². The molecule has 0 aliphatic rings. The zero-order valence-electron chi connectivity index (χ0n) is 11.7. The summed E-state index contributed by atoms with van der Waals surface area (Å²) in [5, 5.41) is 0.825. The van der Waals surface area contributed by atoms with E-state index in [9.17, 15) is 4.39 Å². The quantitative estimate of drug-likeness (QED) is 0.889. The van der Waals surface area contributed by atoms with Crippen LogP contribution in [-0.4, -0.2) is 18.5 Å². The molecule has 0 radical (unpaired) electrons. The van der Waals surface area contributed by atoms with Gasteiger partial charge in [0.15, 0.2) is 0 Å². The Balaban J connectivity index is 2.20. The first kappa shape index (κ1) is 16.2. The van der Waals surface area contributed by atoms with Gasteiger partial charge < -0.3 is 5.73 Å². The third kappa shape index (κ3) is 3.95. The Morgan fingerprint density at radius 2 is 1.86 bits per heavy atom. The molecule has 0 saturated heterocycles. The van der Waals surface area contributed by atoms with E-state index >= 15 is 0 Å². The molecular weight excluding hydrogens is 310 g/mol. The van der Waals surface area contributed by atoms with Crippen LogP contribution in [0.1, 0.15) is 17.2 Å². The molecule has 0 aliphatic carbocycles. The standard InChI is InChI=1S/C16H17Cl2FN2/c1-21(10-12-4-2-3-5-13(12)17)16(9-20)11-6-7-14(18)15(19)8-11/h2-8,16H,9-10,20H2,1H3. The molecule has 1 atom stereocenters. The smallest absolute Gasteiger partial charge is 0.142 e. The zero-order valence-corrected chi connectivity index (χ0v) is 13.2. The van der Waals surface area contributed by atoms with Gasteiger partial charge in [-0.15, -0.1) is 0 Å². The van der Waals surface area contributed by atoms with Crippen LogP contribution >= 0.6 is 23.2 Å². The van der Waals surface area contributed by atoms with Gasteiger partial charge in [-0.05, 0) is 36.4 Å². The van der Waals surface area contributed by atoms with E-state index in [1.165, 1.54) is 6.07 Å². The summed E-state index contributed by atoms with van der Waals surface area (Å²) in [5.74, 6) is -0.432. The minimum absolute atomic E-state index is 0.104. The highest BCUT2D eigenvalue weighted by Crippen LogP contribution is 2.26. The average molecular weight is 327 g/mol. The maximum atomic E-state index is 13.6. The monoisotopic (exact) mass is 326 g/mol. The molecule has 21 heavy (non-hydrogen) atoms. The maximum Gasteiger partial charge on any atom is 0.142 e. The van der Waals surface area contributed by atoms with E-state index in [4.69, 9.17) is 28.9 Å². The fraction of sp³-hybridized carbons (Fsp3) is 0.250. The van der Waals surface area contributed by atoms with Crippen LogP contribution in [0.2, 0.25) is 10.0 Å². The fourth-order valence-electron chi connectivity index (χ4n) is 2.30. The molecule has 0 aromatic heterocycles. The second-order valence-corrected chi connectivity index (χ2v) is 5.75. The summed E-state index contributed by atoms with van der Waals surface area (Å²) in [6.45, 7) is 1.01. The van der Waals surface area contributed by atoms with Crippen LogP contribution in [0, 0.1) is 5.82 Å². The van der Waals surface area contributed by atoms with Crippen molar-refractivity contribution in [3.63, 3.8) is 0 Å². The van der Waals surface area contributed by atoms with E-state index in [0.717, 1.165) is 11.1 Å². The summed E-state index contributed by atoms with van der Waals surface area (Å²) >= 11 is 11.9. The highest BCUT2D eigenvalue weighted by molar-refractivity contribution is 6.31. The molecule has 0 aliphatic heterocycles. The third-order valence-corrected chi connectivity index (χ3v) is 4.14. The first-order chi connectivity index (χ1) is 10.0. The molecule has 0 spiro atoms. The van der Waals surface area contributed by atoms with Gasteiger partial charge in [0.1, 0.15) is 5.82 Å². The predicted octanol–water partition coefficient (Wildman–Crippen LogP) is 4.26. The minimum Gasteiger partial charge on any atom is -0.329 e. The fourth-order valence-corrected chi connectivity index (χ4v) is 2.61. The molecule has 0 amide bonds. The van der Waals surface area contributed by atoms with E-state index < -0.39 is 5.82 Å². The van der Waals surface area contributed by atoms with Crippen molar-refractivity contribution in [1.82, 2.24) is 4.90 Å². The van der Waals surface area contributed by atoms with Crippen LogP contribution < -0.4 is 5.73 Å². The number of benzene rings is 2. The van der Waals surface area contributed by atoms with Gasteiger partial charge in [-0.1, -0.05) is 47.5 Å². The Hall–Kier alpha value is -1.13. The molecule has 2 aromatic carbocycles. The number of nitrogens with zero attached hydrogens (tertiary/aromatic N) is 1. The number of nitrogens with two attached hydrogens (primary N) is 1. The number of rotatable bonds is 5. The number of halogens is 3. The summed E-state index contributed by atoms with van der Waals surface area (Å²) in [6, 6.07) is 12.3. The summed E-state index contributed by atoms with van der Waals surface area (Å²) in [4.78, 5) is 2.05. The van der Waals surface area contributed by atoms with Crippen LogP contribution in [0.4, 0.5) is 4.39 Å². The Bertz CT molecular complexity index is 619. The second kappa shape index (κ2) is 7.23. The van der Waals surface area contributed by atoms with Gasteiger partial charge >= 0.3 is 0 Å². The number of hydrogen-bond acceptors (Lipinski definition) is 2. The number of likely N-dealkylation sites (N-methyl/N-ethyl adjacent to an activating group) is 1. The molecule has 1 unspecified atom stereocenters. The number of hydrogen-bond donors (Lipinski definition) is 1. The van der Waals surface area contributed by atoms with Crippen molar-refractivity contribution in [1.29, 1.82) is 0 Å². The van der Waals surface area contributed by atoms with Crippen molar-refractivity contribution in [2.45, 2.75) is 12.6 Å². The first-order valence-electron chi connectivity index (χ1n) is 6.61. The summed E-state index contributed by atoms with van der Waals surface area (Å²) in [7, 11) is 1.94. The molecule has 2 rings (SSSR count). The first-order valence-corrected chi connectivity index (χ1v) is 7.37. The Morgan fingerprint density at radius 3 is 2.48 bits per heavy atom. The van der Waals surface area contributed by atoms with Crippen molar-refractivity contribution in [2.24, 2.45) is 5.73 Å². The summed E-state index contributed by atoms with van der Waals surface area (Å²) in [6.07, 6.45) is 0. The van der Waals surface area contributed by atoms with Gasteiger partial charge in [-0.25, -0.2) is 4.39 Å². The van der Waals surface area contributed by atoms with Gasteiger partial charge in [0.25, 0.3) is 0 Å². The van der Waals surface area contributed by atoms with Crippen molar-refractivity contribution < 1.29 is 4.39 Å². The van der Waals surface area contributed by atoms with Crippen LogP contribution in [0.25, 0.3) is 0 Å². The van der Waals surface area contributed by atoms with Crippen LogP contribution in [0.3, 0.4) is 0 Å². The largest absolute Gasteiger partial charge is 0.329 e. The SMILES string of the molecule is CN(Cc1ccccc1Cl)C(CN)c1ccc(Cl)c(F)c1. The van der Waals surface area contributed by atoms with Crippen LogP contribution in [0.15, 0.2) is 42.5 Å². The lowest BCUT2D eigenvalue weighted by Gasteiger charge is -2.28. The van der Waals surface area contributed by atoms with Crippen LogP contribution in [-0.2, 0) is 6.54 Å².